The van der Waals surface area contributed by atoms with Crippen molar-refractivity contribution in [2.45, 2.75) is 63.3 Å². The Labute approximate surface area is 317 Å². The molecule has 0 bridgehead atoms. The van der Waals surface area contributed by atoms with Crippen LogP contribution in [0.25, 0.3) is 6.08 Å². The molecule has 1 aromatic heterocycles. The molecule has 0 saturated heterocycles. The largest absolute Gasteiger partial charge is 0.465 e. The van der Waals surface area contributed by atoms with E-state index in [0.29, 0.717) is 39.7 Å². The normalized spacial score (nSPS) is 13.3. The van der Waals surface area contributed by atoms with E-state index >= 15 is 0 Å². The van der Waals surface area contributed by atoms with E-state index in [0.717, 1.165) is 21.6 Å². The number of aryl methyl sites for hydroxylation is 1. The van der Waals surface area contributed by atoms with Crippen molar-refractivity contribution in [1.29, 1.82) is 0 Å². The second-order valence-corrected chi connectivity index (χ2v) is 15.9. The van der Waals surface area contributed by atoms with Crippen LogP contribution in [0.1, 0.15) is 70.0 Å². The number of carbonyl (C=O) groups is 5. The van der Waals surface area contributed by atoms with Gasteiger partial charge >= 0.3 is 12.1 Å². The van der Waals surface area contributed by atoms with Crippen LogP contribution in [0.3, 0.4) is 0 Å². The molecule has 5 rings (SSSR count). The van der Waals surface area contributed by atoms with Crippen molar-refractivity contribution < 1.29 is 33.4 Å². The van der Waals surface area contributed by atoms with Crippen molar-refractivity contribution in [1.82, 2.24) is 10.2 Å². The molecule has 3 aromatic carbocycles. The van der Waals surface area contributed by atoms with Gasteiger partial charge in [0.2, 0.25) is 5.91 Å². The average Bonchev–Trinajstić information content (AvgIpc) is 3.47. The van der Waals surface area contributed by atoms with Gasteiger partial charge in [-0.2, -0.15) is 0 Å². The highest BCUT2D eigenvalue weighted by Crippen LogP contribution is 2.38. The molecule has 0 fully saturated rings. The Morgan fingerprint density at radius 1 is 0.943 bits per heavy atom. The van der Waals surface area contributed by atoms with Gasteiger partial charge in [-0.15, -0.1) is 23.1 Å². The van der Waals surface area contributed by atoms with Gasteiger partial charge in [0.25, 0.3) is 11.8 Å². The fourth-order valence-corrected chi connectivity index (χ4v) is 7.66. The SMILES string of the molecule is COC(=O)c1c(NC(=O)C(C)Sc2cccc(NC(=O)/C(=C\c3cccc(C)c3)NC(=O)c3ccccc3)c2)sc2c1CCN(C(=O)OC(C)(C)C)C2. The molecule has 1 aliphatic rings. The van der Waals surface area contributed by atoms with Crippen LogP contribution in [-0.2, 0) is 32.0 Å². The van der Waals surface area contributed by atoms with Gasteiger partial charge < -0.3 is 30.3 Å². The molecule has 2 heterocycles. The summed E-state index contributed by atoms with van der Waals surface area (Å²) in [6, 6.07) is 23.2. The van der Waals surface area contributed by atoms with E-state index in [1.54, 1.807) is 87.2 Å². The number of amides is 4. The number of methoxy groups -OCH3 is 1. The van der Waals surface area contributed by atoms with E-state index < -0.39 is 34.7 Å². The van der Waals surface area contributed by atoms with Crippen molar-refractivity contribution in [3.63, 3.8) is 0 Å². The molecule has 13 heteroatoms. The Kier molecular flexibility index (Phi) is 12.4. The minimum atomic E-state index is -0.649. The van der Waals surface area contributed by atoms with Crippen molar-refractivity contribution >= 4 is 69.6 Å². The van der Waals surface area contributed by atoms with Gasteiger partial charge in [0.15, 0.2) is 0 Å². The maximum Gasteiger partial charge on any atom is 0.410 e. The van der Waals surface area contributed by atoms with Gasteiger partial charge in [0.05, 0.1) is 24.5 Å². The molecule has 3 N–H and O–H groups in total. The molecule has 1 aliphatic heterocycles. The van der Waals surface area contributed by atoms with Gasteiger partial charge in [0, 0.05) is 27.6 Å². The fourth-order valence-electron chi connectivity index (χ4n) is 5.48. The third-order valence-corrected chi connectivity index (χ3v) is 10.2. The van der Waals surface area contributed by atoms with Gasteiger partial charge in [-0.1, -0.05) is 54.1 Å². The van der Waals surface area contributed by atoms with E-state index in [1.807, 2.05) is 37.3 Å². The first-order chi connectivity index (χ1) is 25.2. The Balaban J connectivity index is 1.28. The number of rotatable bonds is 10. The Hall–Kier alpha value is -5.40. The number of thioether (sulfide) groups is 1. The number of ether oxygens (including phenoxy) is 2. The number of esters is 1. The second-order valence-electron chi connectivity index (χ2n) is 13.4. The lowest BCUT2D eigenvalue weighted by atomic mass is 10.0. The van der Waals surface area contributed by atoms with Crippen LogP contribution in [0.4, 0.5) is 15.5 Å². The van der Waals surface area contributed by atoms with E-state index in [2.05, 4.69) is 16.0 Å². The van der Waals surface area contributed by atoms with Crippen LogP contribution in [0.2, 0.25) is 0 Å². The minimum absolute atomic E-state index is 0.0597. The van der Waals surface area contributed by atoms with Crippen LogP contribution in [-0.4, -0.2) is 59.2 Å². The van der Waals surface area contributed by atoms with Gasteiger partial charge in [-0.05, 0) is 88.6 Å². The Morgan fingerprint density at radius 3 is 2.38 bits per heavy atom. The van der Waals surface area contributed by atoms with Crippen LogP contribution in [0, 0.1) is 6.92 Å². The molecule has 0 radical (unpaired) electrons. The summed E-state index contributed by atoms with van der Waals surface area (Å²) in [6.07, 6.45) is 1.58. The first-order valence-corrected chi connectivity index (χ1v) is 18.6. The monoisotopic (exact) mass is 754 g/mol. The van der Waals surface area contributed by atoms with E-state index in [1.165, 1.54) is 30.2 Å². The average molecular weight is 755 g/mol. The van der Waals surface area contributed by atoms with Crippen molar-refractivity contribution in [3.05, 3.63) is 117 Å². The number of hydrogen-bond acceptors (Lipinski definition) is 9. The van der Waals surface area contributed by atoms with Crippen LogP contribution in [0.5, 0.6) is 0 Å². The van der Waals surface area contributed by atoms with E-state index in [4.69, 9.17) is 9.47 Å². The zero-order valence-electron chi connectivity index (χ0n) is 30.4. The minimum Gasteiger partial charge on any atom is -0.465 e. The highest BCUT2D eigenvalue weighted by molar-refractivity contribution is 8.00. The summed E-state index contributed by atoms with van der Waals surface area (Å²) >= 11 is 2.51. The molecule has 4 amide bonds. The zero-order chi connectivity index (χ0) is 38.3. The summed E-state index contributed by atoms with van der Waals surface area (Å²) < 4.78 is 10.6. The summed E-state index contributed by atoms with van der Waals surface area (Å²) in [7, 11) is 1.29. The molecular weight excluding hydrogens is 713 g/mol. The Morgan fingerprint density at radius 2 is 1.68 bits per heavy atom. The predicted octanol–water partition coefficient (Wildman–Crippen LogP) is 7.67. The number of carbonyl (C=O) groups excluding carboxylic acids is 5. The standard InChI is InChI=1S/C40H42N4O7S2/c1-24-12-10-13-26(20-24)21-31(42-35(46)27-14-8-7-9-15-27)36(47)41-28-16-11-17-29(22-28)52-25(2)34(45)43-37-33(38(48)50-6)30-18-19-44(23-32(30)53-37)39(49)51-40(3,4)5/h7-17,20-22,25H,18-19,23H2,1-6H3,(H,41,47)(H,42,46)(H,43,45)/b31-21+. The van der Waals surface area contributed by atoms with Gasteiger partial charge in [-0.25, -0.2) is 9.59 Å². The lowest BCUT2D eigenvalue weighted by Gasteiger charge is -2.30. The third kappa shape index (κ3) is 10.4. The van der Waals surface area contributed by atoms with E-state index in [9.17, 15) is 24.0 Å². The van der Waals surface area contributed by atoms with Crippen LogP contribution in [0.15, 0.2) is 89.5 Å². The van der Waals surface area contributed by atoms with Crippen LogP contribution >= 0.6 is 23.1 Å². The van der Waals surface area contributed by atoms with Gasteiger partial charge in [-0.3, -0.25) is 14.4 Å². The van der Waals surface area contributed by atoms with E-state index in [-0.39, 0.29) is 18.1 Å². The maximum absolute atomic E-state index is 13.6. The number of hydrogen-bond donors (Lipinski definition) is 3. The summed E-state index contributed by atoms with van der Waals surface area (Å²) in [5, 5.41) is 8.29. The molecule has 53 heavy (non-hydrogen) atoms. The first-order valence-electron chi connectivity index (χ1n) is 16.9. The highest BCUT2D eigenvalue weighted by Gasteiger charge is 2.33. The summed E-state index contributed by atoms with van der Waals surface area (Å²) in [5.74, 6) is -1.86. The molecular formula is C40H42N4O7S2. The smallest absolute Gasteiger partial charge is 0.410 e. The predicted molar refractivity (Wildman–Crippen MR) is 208 cm³/mol. The molecule has 4 aromatic rings. The number of anilines is 2. The lowest BCUT2D eigenvalue weighted by molar-refractivity contribution is -0.115. The molecule has 0 saturated carbocycles. The van der Waals surface area contributed by atoms with Crippen molar-refractivity contribution in [3.8, 4) is 0 Å². The Bertz CT molecular complexity index is 2050. The quantitative estimate of drug-likeness (QED) is 0.0851. The first kappa shape index (κ1) is 38.8. The summed E-state index contributed by atoms with van der Waals surface area (Å²) in [5.41, 5.74) is 3.07. The molecule has 0 aliphatic carbocycles. The van der Waals surface area contributed by atoms with Crippen molar-refractivity contribution in [2.75, 3.05) is 24.3 Å². The molecule has 276 valence electrons. The molecule has 0 spiro atoms. The zero-order valence-corrected chi connectivity index (χ0v) is 32.0. The summed E-state index contributed by atoms with van der Waals surface area (Å²) in [6.45, 7) is 9.69. The lowest BCUT2D eigenvalue weighted by Crippen LogP contribution is -2.39. The highest BCUT2D eigenvalue weighted by atomic mass is 32.2. The fraction of sp³-hybridized carbons (Fsp3) is 0.275. The van der Waals surface area contributed by atoms with Gasteiger partial charge in [0.1, 0.15) is 16.3 Å². The third-order valence-electron chi connectivity index (χ3n) is 7.99. The number of benzene rings is 3. The van der Waals surface area contributed by atoms with Crippen LogP contribution < -0.4 is 16.0 Å². The molecule has 1 atom stereocenters. The molecule has 11 nitrogen and oxygen atoms in total. The number of nitrogens with zero attached hydrogens (tertiary/aromatic N) is 1. The molecule has 1 unspecified atom stereocenters. The second kappa shape index (κ2) is 17.0. The summed E-state index contributed by atoms with van der Waals surface area (Å²) in [4.78, 5) is 68.9. The number of nitrogens with one attached hydrogen (secondary N) is 3. The topological polar surface area (TPSA) is 143 Å². The number of fused-ring (bicyclic) bond motifs is 1. The van der Waals surface area contributed by atoms with Crippen molar-refractivity contribution in [2.24, 2.45) is 0 Å². The number of thiophene rings is 1. The maximum atomic E-state index is 13.6.